The van der Waals surface area contributed by atoms with E-state index < -0.39 is 11.6 Å². The molecule has 0 bridgehead atoms. The molecule has 0 aromatic heterocycles. The lowest BCUT2D eigenvalue weighted by atomic mass is 10.3. The molecular formula is C11H16F2N4O. The second-order valence-electron chi connectivity index (χ2n) is 3.68. The fourth-order valence-corrected chi connectivity index (χ4v) is 1.32. The monoisotopic (exact) mass is 258 g/mol. The molecule has 7 heteroatoms. The summed E-state index contributed by atoms with van der Waals surface area (Å²) in [6.45, 7) is 2.25. The first-order chi connectivity index (χ1) is 8.56. The maximum Gasteiger partial charge on any atom is 0.210 e. The number of nitrogens with one attached hydrogen (secondary N) is 2. The van der Waals surface area contributed by atoms with Gasteiger partial charge in [-0.2, -0.15) is 0 Å². The Morgan fingerprint density at radius 3 is 2.72 bits per heavy atom. The van der Waals surface area contributed by atoms with Gasteiger partial charge >= 0.3 is 0 Å². The number of ether oxygens (including phenoxy) is 1. The Morgan fingerprint density at radius 1 is 1.44 bits per heavy atom. The highest BCUT2D eigenvalue weighted by atomic mass is 19.2. The lowest BCUT2D eigenvalue weighted by Gasteiger charge is -2.12. The van der Waals surface area contributed by atoms with Crippen LogP contribution in [0, 0.1) is 11.6 Å². The topological polar surface area (TPSA) is 71.7 Å². The molecule has 1 unspecified atom stereocenters. The van der Waals surface area contributed by atoms with Gasteiger partial charge in [0.1, 0.15) is 0 Å². The minimum atomic E-state index is -0.943. The van der Waals surface area contributed by atoms with E-state index in [1.54, 1.807) is 7.11 Å². The third-order valence-electron chi connectivity index (χ3n) is 2.08. The Hall–Kier alpha value is -1.73. The number of halogens is 2. The maximum absolute atomic E-state index is 13.0. The Kier molecular flexibility index (Phi) is 5.47. The van der Waals surface area contributed by atoms with Crippen molar-refractivity contribution in [3.63, 3.8) is 0 Å². The third kappa shape index (κ3) is 4.27. The molecule has 0 amide bonds. The first-order valence-corrected chi connectivity index (χ1v) is 5.32. The number of nitrogens with zero attached hydrogens (tertiary/aromatic N) is 1. The summed E-state index contributed by atoms with van der Waals surface area (Å²) in [4.78, 5) is 4.16. The minimum Gasteiger partial charge on any atom is -0.382 e. The van der Waals surface area contributed by atoms with Crippen LogP contribution in [0.25, 0.3) is 0 Å². The van der Waals surface area contributed by atoms with Gasteiger partial charge in [-0.1, -0.05) is 0 Å². The maximum atomic E-state index is 13.0. The van der Waals surface area contributed by atoms with Crippen molar-refractivity contribution in [2.45, 2.75) is 13.0 Å². The van der Waals surface area contributed by atoms with Crippen LogP contribution in [0.2, 0.25) is 0 Å². The Morgan fingerprint density at radius 2 is 2.17 bits per heavy atom. The lowest BCUT2D eigenvalue weighted by Crippen LogP contribution is -2.37. The van der Waals surface area contributed by atoms with Crippen molar-refractivity contribution in [3.8, 4) is 0 Å². The fourth-order valence-electron chi connectivity index (χ4n) is 1.32. The first-order valence-electron chi connectivity index (χ1n) is 5.32. The van der Waals surface area contributed by atoms with E-state index in [1.807, 2.05) is 6.92 Å². The smallest absolute Gasteiger partial charge is 0.210 e. The Bertz CT molecular complexity index is 426. The fraction of sp³-hybridized carbons (Fsp3) is 0.364. The molecule has 0 heterocycles. The highest BCUT2D eigenvalue weighted by molar-refractivity contribution is 5.93. The summed E-state index contributed by atoms with van der Waals surface area (Å²) < 4.78 is 30.7. The molecule has 100 valence electrons. The number of nitrogens with two attached hydrogens (primary N) is 1. The predicted octanol–water partition coefficient (Wildman–Crippen LogP) is 1.23. The summed E-state index contributed by atoms with van der Waals surface area (Å²) in [5.74, 6) is 3.67. The summed E-state index contributed by atoms with van der Waals surface area (Å²) in [5.41, 5.74) is 2.68. The van der Waals surface area contributed by atoms with Crippen molar-refractivity contribution < 1.29 is 13.5 Å². The first kappa shape index (κ1) is 14.3. The second kappa shape index (κ2) is 6.87. The molecule has 0 saturated carbocycles. The van der Waals surface area contributed by atoms with E-state index in [-0.39, 0.29) is 12.0 Å². The SMILES string of the molecule is COCC(C)N=C(NN)Nc1ccc(F)c(F)c1. The zero-order valence-corrected chi connectivity index (χ0v) is 10.2. The molecular weight excluding hydrogens is 242 g/mol. The molecule has 1 atom stereocenters. The van der Waals surface area contributed by atoms with Crippen molar-refractivity contribution in [3.05, 3.63) is 29.8 Å². The molecule has 0 aliphatic rings. The molecule has 1 rings (SSSR count). The number of methoxy groups -OCH3 is 1. The lowest BCUT2D eigenvalue weighted by molar-refractivity contribution is 0.185. The molecule has 5 nitrogen and oxygen atoms in total. The number of anilines is 1. The average Bonchev–Trinajstić information content (AvgIpc) is 2.33. The summed E-state index contributed by atoms with van der Waals surface area (Å²) in [6.07, 6.45) is 0. The zero-order valence-electron chi connectivity index (χ0n) is 10.2. The van der Waals surface area contributed by atoms with Crippen molar-refractivity contribution in [2.75, 3.05) is 19.0 Å². The number of hydrogen-bond acceptors (Lipinski definition) is 3. The van der Waals surface area contributed by atoms with E-state index in [1.165, 1.54) is 6.07 Å². The molecule has 0 spiro atoms. The van der Waals surface area contributed by atoms with Crippen LogP contribution in [-0.2, 0) is 4.74 Å². The van der Waals surface area contributed by atoms with E-state index in [4.69, 9.17) is 10.6 Å². The highest BCUT2D eigenvalue weighted by Gasteiger charge is 2.06. The highest BCUT2D eigenvalue weighted by Crippen LogP contribution is 2.12. The van der Waals surface area contributed by atoms with Crippen LogP contribution in [0.1, 0.15) is 6.92 Å². The van der Waals surface area contributed by atoms with Gasteiger partial charge in [-0.15, -0.1) is 0 Å². The Balaban J connectivity index is 2.76. The van der Waals surface area contributed by atoms with Crippen LogP contribution < -0.4 is 16.6 Å². The number of benzene rings is 1. The molecule has 4 N–H and O–H groups in total. The van der Waals surface area contributed by atoms with E-state index >= 15 is 0 Å². The van der Waals surface area contributed by atoms with Gasteiger partial charge in [-0.05, 0) is 19.1 Å². The minimum absolute atomic E-state index is 0.126. The summed E-state index contributed by atoms with van der Waals surface area (Å²) in [5, 5.41) is 2.74. The molecule has 1 aromatic rings. The van der Waals surface area contributed by atoms with Gasteiger partial charge in [-0.3, -0.25) is 5.43 Å². The van der Waals surface area contributed by atoms with Gasteiger partial charge in [0.2, 0.25) is 5.96 Å². The number of hydrogen-bond donors (Lipinski definition) is 3. The Labute approximate surface area is 104 Å². The van der Waals surface area contributed by atoms with Gasteiger partial charge in [-0.25, -0.2) is 19.6 Å². The molecule has 0 saturated heterocycles. The number of hydrazine groups is 1. The van der Waals surface area contributed by atoms with Crippen LogP contribution >= 0.6 is 0 Å². The quantitative estimate of drug-likeness (QED) is 0.329. The van der Waals surface area contributed by atoms with Crippen LogP contribution in [0.5, 0.6) is 0 Å². The van der Waals surface area contributed by atoms with E-state index in [9.17, 15) is 8.78 Å². The van der Waals surface area contributed by atoms with Gasteiger partial charge in [0.05, 0.1) is 12.6 Å². The zero-order chi connectivity index (χ0) is 13.5. The largest absolute Gasteiger partial charge is 0.382 e. The summed E-state index contributed by atoms with van der Waals surface area (Å²) >= 11 is 0. The predicted molar refractivity (Wildman–Crippen MR) is 66.1 cm³/mol. The summed E-state index contributed by atoms with van der Waals surface area (Å²) in [6, 6.07) is 3.29. The second-order valence-corrected chi connectivity index (χ2v) is 3.68. The third-order valence-corrected chi connectivity index (χ3v) is 2.08. The molecule has 1 aromatic carbocycles. The summed E-state index contributed by atoms with van der Waals surface area (Å²) in [7, 11) is 1.56. The molecule has 18 heavy (non-hydrogen) atoms. The molecule has 0 fully saturated rings. The van der Waals surface area contributed by atoms with Crippen LogP contribution in [0.3, 0.4) is 0 Å². The van der Waals surface area contributed by atoms with Crippen LogP contribution in [0.4, 0.5) is 14.5 Å². The standard InChI is InChI=1S/C11H16F2N4O/c1-7(6-18-2)15-11(17-14)16-8-3-4-9(12)10(13)5-8/h3-5,7H,6,14H2,1-2H3,(H2,15,16,17). The van der Waals surface area contributed by atoms with Gasteiger partial charge in [0, 0.05) is 18.9 Å². The van der Waals surface area contributed by atoms with Crippen molar-refractivity contribution in [2.24, 2.45) is 10.8 Å². The van der Waals surface area contributed by atoms with Crippen molar-refractivity contribution >= 4 is 11.6 Å². The van der Waals surface area contributed by atoms with Crippen molar-refractivity contribution in [1.29, 1.82) is 0 Å². The van der Waals surface area contributed by atoms with Crippen LogP contribution in [-0.4, -0.2) is 25.7 Å². The molecule has 0 radical (unpaired) electrons. The van der Waals surface area contributed by atoms with Crippen molar-refractivity contribution in [1.82, 2.24) is 5.43 Å². The van der Waals surface area contributed by atoms with E-state index in [2.05, 4.69) is 15.7 Å². The molecule has 0 aliphatic heterocycles. The normalized spacial score (nSPS) is 13.3. The van der Waals surface area contributed by atoms with Gasteiger partial charge < -0.3 is 10.1 Å². The number of rotatable bonds is 4. The van der Waals surface area contributed by atoms with E-state index in [0.29, 0.717) is 12.3 Å². The van der Waals surface area contributed by atoms with E-state index in [0.717, 1.165) is 12.1 Å². The van der Waals surface area contributed by atoms with Gasteiger partial charge in [0.15, 0.2) is 11.6 Å². The van der Waals surface area contributed by atoms with Gasteiger partial charge in [0.25, 0.3) is 0 Å². The van der Waals surface area contributed by atoms with Crippen LogP contribution in [0.15, 0.2) is 23.2 Å². The average molecular weight is 258 g/mol. The molecule has 0 aliphatic carbocycles. The number of aliphatic imine (C=N–C) groups is 1. The number of guanidine groups is 1.